The number of nitrogens with zero attached hydrogens (tertiary/aromatic N) is 5. The van der Waals surface area contributed by atoms with Gasteiger partial charge in [0.25, 0.3) is 5.91 Å². The minimum absolute atomic E-state index is 0.0294. The Kier molecular flexibility index (Phi) is 7.98. The zero-order valence-corrected chi connectivity index (χ0v) is 24.2. The molecule has 0 bridgehead atoms. The summed E-state index contributed by atoms with van der Waals surface area (Å²) in [7, 11) is -2.32. The highest BCUT2D eigenvalue weighted by Gasteiger charge is 2.25. The van der Waals surface area contributed by atoms with Gasteiger partial charge in [0.2, 0.25) is 10.0 Å². The summed E-state index contributed by atoms with van der Waals surface area (Å²) >= 11 is 0.995. The Morgan fingerprint density at radius 3 is 2.37 bits per heavy atom. The maximum absolute atomic E-state index is 14.4. The van der Waals surface area contributed by atoms with Gasteiger partial charge in [0, 0.05) is 37.5 Å². The van der Waals surface area contributed by atoms with Gasteiger partial charge in [0.05, 0.1) is 21.8 Å². The van der Waals surface area contributed by atoms with Gasteiger partial charge in [-0.05, 0) is 55.8 Å². The fraction of sp³-hybridized carbons (Fsp3) is 0.207. The minimum atomic E-state index is -3.82. The Bertz CT molecular complexity index is 1820. The zero-order chi connectivity index (χ0) is 29.3. The molecule has 0 aliphatic carbocycles. The summed E-state index contributed by atoms with van der Waals surface area (Å²) in [6, 6.07) is 18.7. The highest BCUT2D eigenvalue weighted by molar-refractivity contribution is 7.89. The van der Waals surface area contributed by atoms with Gasteiger partial charge in [-0.2, -0.15) is 9.40 Å². The number of sulfonamides is 1. The highest BCUT2D eigenvalue weighted by Crippen LogP contribution is 2.32. The van der Waals surface area contributed by atoms with Crippen molar-refractivity contribution in [2.24, 2.45) is 0 Å². The van der Waals surface area contributed by atoms with E-state index in [1.54, 1.807) is 4.68 Å². The number of thiazole rings is 1. The molecular weight excluding hydrogens is 568 g/mol. The van der Waals surface area contributed by atoms with E-state index >= 15 is 0 Å². The molecule has 5 aromatic rings. The number of hydrogen-bond acceptors (Lipinski definition) is 6. The quantitative estimate of drug-likeness (QED) is 0.223. The van der Waals surface area contributed by atoms with Crippen molar-refractivity contribution in [3.8, 4) is 0 Å². The van der Waals surface area contributed by atoms with Crippen molar-refractivity contribution in [1.82, 2.24) is 19.1 Å². The average Bonchev–Trinajstić information content (AvgIpc) is 3.51. The molecular formula is C29H27F2N5O3S2. The number of fused-ring (bicyclic) bond motifs is 1. The van der Waals surface area contributed by atoms with E-state index in [0.29, 0.717) is 6.54 Å². The van der Waals surface area contributed by atoms with Crippen LogP contribution in [0.3, 0.4) is 0 Å². The average molecular weight is 596 g/mol. The summed E-state index contributed by atoms with van der Waals surface area (Å²) in [5.41, 5.74) is 2.76. The topological polar surface area (TPSA) is 88.4 Å². The van der Waals surface area contributed by atoms with Crippen molar-refractivity contribution in [2.75, 3.05) is 18.5 Å². The van der Waals surface area contributed by atoms with E-state index in [0.717, 1.165) is 34.4 Å². The van der Waals surface area contributed by atoms with Gasteiger partial charge in [-0.1, -0.05) is 41.7 Å². The van der Waals surface area contributed by atoms with E-state index in [-0.39, 0.29) is 38.9 Å². The molecule has 0 spiro atoms. The predicted molar refractivity (Wildman–Crippen MR) is 154 cm³/mol. The fourth-order valence-electron chi connectivity index (χ4n) is 4.47. The van der Waals surface area contributed by atoms with E-state index < -0.39 is 27.6 Å². The van der Waals surface area contributed by atoms with E-state index in [1.807, 2.05) is 50.2 Å². The lowest BCUT2D eigenvalue weighted by Gasteiger charge is -2.21. The lowest BCUT2D eigenvalue weighted by atomic mass is 10.2. The summed E-state index contributed by atoms with van der Waals surface area (Å²) < 4.78 is 57.9. The van der Waals surface area contributed by atoms with Gasteiger partial charge in [-0.3, -0.25) is 14.4 Å². The second kappa shape index (κ2) is 11.5. The summed E-state index contributed by atoms with van der Waals surface area (Å²) in [5, 5.41) is 4.63. The molecule has 0 aliphatic heterocycles. The largest absolute Gasteiger partial charge is 0.282 e. The van der Waals surface area contributed by atoms with Gasteiger partial charge in [0.15, 0.2) is 10.9 Å². The van der Waals surface area contributed by atoms with Crippen LogP contribution in [-0.4, -0.2) is 47.0 Å². The molecule has 0 atom stereocenters. The number of anilines is 1. The van der Waals surface area contributed by atoms with E-state index in [2.05, 4.69) is 10.1 Å². The Hall–Kier alpha value is -4.00. The van der Waals surface area contributed by atoms with Crippen LogP contribution in [-0.2, 0) is 23.1 Å². The van der Waals surface area contributed by atoms with Crippen molar-refractivity contribution in [3.05, 3.63) is 107 Å². The molecule has 1 amide bonds. The third-order valence-electron chi connectivity index (χ3n) is 6.57. The smallest absolute Gasteiger partial charge is 0.260 e. The first kappa shape index (κ1) is 28.5. The fourth-order valence-corrected chi connectivity index (χ4v) is 6.66. The molecule has 12 heteroatoms. The van der Waals surface area contributed by atoms with Crippen molar-refractivity contribution < 1.29 is 22.0 Å². The van der Waals surface area contributed by atoms with Gasteiger partial charge < -0.3 is 0 Å². The van der Waals surface area contributed by atoms with Crippen LogP contribution in [0.25, 0.3) is 10.2 Å². The van der Waals surface area contributed by atoms with Gasteiger partial charge in [0.1, 0.15) is 11.3 Å². The van der Waals surface area contributed by atoms with Crippen molar-refractivity contribution in [2.45, 2.75) is 31.8 Å². The van der Waals surface area contributed by atoms with Crippen LogP contribution < -0.4 is 4.90 Å². The van der Waals surface area contributed by atoms with Crippen molar-refractivity contribution in [1.29, 1.82) is 0 Å². The van der Waals surface area contributed by atoms with E-state index in [1.165, 1.54) is 46.6 Å². The molecule has 0 aliphatic rings. The maximum Gasteiger partial charge on any atom is 0.260 e. The second-order valence-electron chi connectivity index (χ2n) is 9.61. The summed E-state index contributed by atoms with van der Waals surface area (Å²) in [4.78, 5) is 19.5. The van der Waals surface area contributed by atoms with Crippen LogP contribution in [0.5, 0.6) is 0 Å². The Labute approximate surface area is 240 Å². The zero-order valence-electron chi connectivity index (χ0n) is 22.6. The highest BCUT2D eigenvalue weighted by atomic mass is 32.2. The molecule has 0 saturated heterocycles. The summed E-state index contributed by atoms with van der Waals surface area (Å²) in [5.74, 6) is -2.02. The van der Waals surface area contributed by atoms with E-state index in [9.17, 15) is 22.0 Å². The van der Waals surface area contributed by atoms with Crippen LogP contribution in [0.4, 0.5) is 13.9 Å². The third kappa shape index (κ3) is 6.04. The minimum Gasteiger partial charge on any atom is -0.282 e. The van der Waals surface area contributed by atoms with Gasteiger partial charge in [-0.15, -0.1) is 0 Å². The number of amides is 1. The Balaban J connectivity index is 1.43. The lowest BCUT2D eigenvalue weighted by Crippen LogP contribution is -2.34. The van der Waals surface area contributed by atoms with Crippen LogP contribution in [0.1, 0.15) is 27.3 Å². The van der Waals surface area contributed by atoms with Crippen LogP contribution in [0.15, 0.2) is 77.7 Å². The molecule has 0 fully saturated rings. The third-order valence-corrected chi connectivity index (χ3v) is 9.42. The maximum atomic E-state index is 14.4. The Morgan fingerprint density at radius 1 is 1.00 bits per heavy atom. The standard InChI is InChI=1S/C29H27F2N5O3S2/c1-19-15-20(2)36(33-19)14-13-35(29-32-27-25(31)16-23(30)17-26(27)40-29)28(37)22-9-11-24(12-10-22)41(38,39)34(3)18-21-7-5-4-6-8-21/h4-12,15-17H,13-14,18H2,1-3H3. The number of aromatic nitrogens is 3. The SMILES string of the molecule is Cc1cc(C)n(CCN(C(=O)c2ccc(S(=O)(=O)N(C)Cc3ccccc3)cc2)c2nc3c(F)cc(F)cc3s2)n1. The van der Waals surface area contributed by atoms with Crippen LogP contribution >= 0.6 is 11.3 Å². The first-order valence-corrected chi connectivity index (χ1v) is 15.0. The van der Waals surface area contributed by atoms with Gasteiger partial charge >= 0.3 is 0 Å². The van der Waals surface area contributed by atoms with Crippen molar-refractivity contribution in [3.63, 3.8) is 0 Å². The Morgan fingerprint density at radius 2 is 1.71 bits per heavy atom. The van der Waals surface area contributed by atoms with E-state index in [4.69, 9.17) is 0 Å². The lowest BCUT2D eigenvalue weighted by molar-refractivity contribution is 0.0985. The molecule has 0 unspecified atom stereocenters. The number of halogens is 2. The first-order valence-electron chi connectivity index (χ1n) is 12.7. The molecule has 0 radical (unpaired) electrons. The van der Waals surface area contributed by atoms with Crippen molar-refractivity contribution >= 4 is 42.6 Å². The number of carbonyl (C=O) groups excluding carboxylic acids is 1. The van der Waals surface area contributed by atoms with Crippen LogP contribution in [0.2, 0.25) is 0 Å². The number of aryl methyl sites for hydroxylation is 2. The monoisotopic (exact) mass is 595 g/mol. The number of rotatable bonds is 9. The normalized spacial score (nSPS) is 11.9. The second-order valence-corrected chi connectivity index (χ2v) is 12.7. The molecule has 2 heterocycles. The number of carbonyl (C=O) groups is 1. The predicted octanol–water partition coefficient (Wildman–Crippen LogP) is 5.56. The molecule has 212 valence electrons. The number of benzene rings is 3. The molecule has 41 heavy (non-hydrogen) atoms. The molecule has 8 nitrogen and oxygen atoms in total. The number of hydrogen-bond donors (Lipinski definition) is 0. The van der Waals surface area contributed by atoms with Crippen LogP contribution in [0, 0.1) is 25.5 Å². The first-order chi connectivity index (χ1) is 19.5. The summed E-state index contributed by atoms with van der Waals surface area (Å²) in [6.45, 7) is 4.43. The molecule has 2 aromatic heterocycles. The van der Waals surface area contributed by atoms with Gasteiger partial charge in [-0.25, -0.2) is 22.2 Å². The molecule has 0 saturated carbocycles. The molecule has 3 aromatic carbocycles. The summed E-state index contributed by atoms with van der Waals surface area (Å²) in [6.07, 6.45) is 0. The molecule has 0 N–H and O–H groups in total. The molecule has 5 rings (SSSR count).